The van der Waals surface area contributed by atoms with Crippen molar-refractivity contribution in [2.75, 3.05) is 25.0 Å². The first-order valence-corrected chi connectivity index (χ1v) is 8.46. The zero-order valence-corrected chi connectivity index (χ0v) is 13.1. The van der Waals surface area contributed by atoms with Crippen LogP contribution in [0.25, 0.3) is 0 Å². The molecule has 1 aliphatic heterocycles. The van der Waals surface area contributed by atoms with Gasteiger partial charge in [0.05, 0.1) is 5.60 Å². The van der Waals surface area contributed by atoms with Crippen LogP contribution in [0.3, 0.4) is 0 Å². The summed E-state index contributed by atoms with van der Waals surface area (Å²) < 4.78 is 13.6. The van der Waals surface area contributed by atoms with Crippen LogP contribution in [0.4, 0.5) is 10.2 Å². The summed E-state index contributed by atoms with van der Waals surface area (Å²) in [5, 5.41) is 13.9. The highest BCUT2D eigenvalue weighted by Gasteiger charge is 2.32. The van der Waals surface area contributed by atoms with Crippen molar-refractivity contribution in [1.29, 1.82) is 0 Å². The highest BCUT2D eigenvalue weighted by Crippen LogP contribution is 2.29. The summed E-state index contributed by atoms with van der Waals surface area (Å²) in [5.74, 6) is 0.0632. The summed E-state index contributed by atoms with van der Waals surface area (Å²) in [4.78, 5) is 6.42. The Morgan fingerprint density at radius 1 is 1.27 bits per heavy atom. The van der Waals surface area contributed by atoms with E-state index in [2.05, 4.69) is 15.2 Å². The third-order valence-electron chi connectivity index (χ3n) is 4.99. The van der Waals surface area contributed by atoms with E-state index in [1.807, 2.05) is 0 Å². The summed E-state index contributed by atoms with van der Waals surface area (Å²) in [7, 11) is 0. The Morgan fingerprint density at radius 3 is 2.68 bits per heavy atom. The lowest BCUT2D eigenvalue weighted by Gasteiger charge is -2.40. The van der Waals surface area contributed by atoms with E-state index in [1.54, 1.807) is 12.3 Å². The number of anilines is 1. The molecule has 1 saturated carbocycles. The lowest BCUT2D eigenvalue weighted by molar-refractivity contribution is -0.0302. The predicted octanol–water partition coefficient (Wildman–Crippen LogP) is 2.79. The molecule has 3 rings (SSSR count). The number of piperidine rings is 1. The third-order valence-corrected chi connectivity index (χ3v) is 4.99. The Bertz CT molecular complexity index is 483. The number of nitrogens with zero attached hydrogens (tertiary/aromatic N) is 2. The molecule has 0 atom stereocenters. The van der Waals surface area contributed by atoms with Crippen LogP contribution >= 0.6 is 0 Å². The Labute approximate surface area is 131 Å². The maximum Gasteiger partial charge on any atom is 0.165 e. The first-order chi connectivity index (χ1) is 10.6. The average molecular weight is 307 g/mol. The number of nitrogens with one attached hydrogen (secondary N) is 1. The summed E-state index contributed by atoms with van der Waals surface area (Å²) in [6.07, 6.45) is 8.96. The van der Waals surface area contributed by atoms with Crippen LogP contribution in [-0.4, -0.2) is 46.3 Å². The first kappa shape index (κ1) is 15.7. The van der Waals surface area contributed by atoms with Gasteiger partial charge in [0, 0.05) is 31.9 Å². The number of hydrogen-bond donors (Lipinski definition) is 2. The highest BCUT2D eigenvalue weighted by atomic mass is 19.1. The van der Waals surface area contributed by atoms with E-state index < -0.39 is 5.60 Å². The number of pyridine rings is 1. The predicted molar refractivity (Wildman–Crippen MR) is 85.3 cm³/mol. The minimum atomic E-state index is -0.481. The molecule has 1 aromatic rings. The average Bonchev–Trinajstić information content (AvgIpc) is 2.52. The van der Waals surface area contributed by atoms with E-state index in [9.17, 15) is 9.50 Å². The Hall–Kier alpha value is -1.20. The van der Waals surface area contributed by atoms with Gasteiger partial charge >= 0.3 is 0 Å². The molecule has 0 amide bonds. The minimum Gasteiger partial charge on any atom is -0.389 e. The van der Waals surface area contributed by atoms with Gasteiger partial charge in [-0.15, -0.1) is 0 Å². The molecule has 122 valence electrons. The molecule has 2 aliphatic rings. The SMILES string of the molecule is OC1(CN2CCC(Nc3ncccc3F)CC2)CCCCC1. The van der Waals surface area contributed by atoms with E-state index in [1.165, 1.54) is 12.5 Å². The van der Waals surface area contributed by atoms with Crippen LogP contribution in [0.5, 0.6) is 0 Å². The fourth-order valence-electron chi connectivity index (χ4n) is 3.70. The number of β-amino-alcohol motifs (C(OH)–C–C–N with tert-alkyl or cyclic N) is 1. The Morgan fingerprint density at radius 2 is 2.00 bits per heavy atom. The molecule has 0 spiro atoms. The van der Waals surface area contributed by atoms with Crippen LogP contribution in [0.15, 0.2) is 18.3 Å². The maximum atomic E-state index is 13.6. The van der Waals surface area contributed by atoms with Gasteiger partial charge in [0.15, 0.2) is 11.6 Å². The van der Waals surface area contributed by atoms with Gasteiger partial charge in [-0.2, -0.15) is 0 Å². The zero-order chi connectivity index (χ0) is 15.4. The molecule has 1 saturated heterocycles. The number of rotatable bonds is 4. The topological polar surface area (TPSA) is 48.4 Å². The lowest BCUT2D eigenvalue weighted by atomic mass is 9.84. The second-order valence-corrected chi connectivity index (χ2v) is 6.81. The van der Waals surface area contributed by atoms with Crippen LogP contribution in [0.1, 0.15) is 44.9 Å². The smallest absolute Gasteiger partial charge is 0.165 e. The Kier molecular flexibility index (Phi) is 4.93. The van der Waals surface area contributed by atoms with E-state index in [-0.39, 0.29) is 11.9 Å². The van der Waals surface area contributed by atoms with Gasteiger partial charge in [-0.1, -0.05) is 19.3 Å². The van der Waals surface area contributed by atoms with Crippen molar-refractivity contribution in [3.05, 3.63) is 24.1 Å². The molecule has 4 nitrogen and oxygen atoms in total. The molecule has 2 fully saturated rings. The molecule has 1 aliphatic carbocycles. The van der Waals surface area contributed by atoms with Crippen LogP contribution in [0, 0.1) is 5.82 Å². The van der Waals surface area contributed by atoms with Gasteiger partial charge in [-0.05, 0) is 37.8 Å². The van der Waals surface area contributed by atoms with Gasteiger partial charge in [0.25, 0.3) is 0 Å². The van der Waals surface area contributed by atoms with Crippen molar-refractivity contribution in [1.82, 2.24) is 9.88 Å². The number of halogens is 1. The summed E-state index contributed by atoms with van der Waals surface area (Å²) >= 11 is 0. The van der Waals surface area contributed by atoms with E-state index in [4.69, 9.17) is 0 Å². The van der Waals surface area contributed by atoms with Gasteiger partial charge in [-0.25, -0.2) is 9.37 Å². The van der Waals surface area contributed by atoms with E-state index >= 15 is 0 Å². The molecule has 0 bridgehead atoms. The van der Waals surface area contributed by atoms with Crippen LogP contribution < -0.4 is 5.32 Å². The minimum absolute atomic E-state index is 0.265. The largest absolute Gasteiger partial charge is 0.389 e. The van der Waals surface area contributed by atoms with Crippen LogP contribution in [-0.2, 0) is 0 Å². The van der Waals surface area contributed by atoms with E-state index in [0.717, 1.165) is 58.2 Å². The van der Waals surface area contributed by atoms with Gasteiger partial charge in [0.2, 0.25) is 0 Å². The molecular weight excluding hydrogens is 281 g/mol. The Balaban J connectivity index is 1.47. The zero-order valence-electron chi connectivity index (χ0n) is 13.1. The number of aromatic nitrogens is 1. The maximum absolute atomic E-state index is 13.6. The standard InChI is InChI=1S/C17H26FN3O/c18-15-5-4-10-19-16(15)20-14-6-11-21(12-7-14)13-17(22)8-2-1-3-9-17/h4-5,10,14,22H,1-3,6-9,11-13H2,(H,19,20). The van der Waals surface area contributed by atoms with Crippen molar-refractivity contribution in [3.8, 4) is 0 Å². The quantitative estimate of drug-likeness (QED) is 0.898. The normalized spacial score (nSPS) is 23.4. The molecule has 2 heterocycles. The van der Waals surface area contributed by atoms with Crippen molar-refractivity contribution >= 4 is 5.82 Å². The molecule has 1 aromatic heterocycles. The lowest BCUT2D eigenvalue weighted by Crippen LogP contribution is -2.48. The second kappa shape index (κ2) is 6.92. The fraction of sp³-hybridized carbons (Fsp3) is 0.706. The molecule has 0 radical (unpaired) electrons. The summed E-state index contributed by atoms with van der Waals surface area (Å²) in [6.45, 7) is 2.69. The number of aliphatic hydroxyl groups is 1. The highest BCUT2D eigenvalue weighted by molar-refractivity contribution is 5.36. The van der Waals surface area contributed by atoms with Crippen molar-refractivity contribution in [2.24, 2.45) is 0 Å². The fourth-order valence-corrected chi connectivity index (χ4v) is 3.70. The molecule has 2 N–H and O–H groups in total. The first-order valence-electron chi connectivity index (χ1n) is 8.46. The molecular formula is C17H26FN3O. The third kappa shape index (κ3) is 3.96. The number of hydrogen-bond acceptors (Lipinski definition) is 4. The van der Waals surface area contributed by atoms with Crippen molar-refractivity contribution in [3.63, 3.8) is 0 Å². The summed E-state index contributed by atoms with van der Waals surface area (Å²) in [5.41, 5.74) is -0.481. The van der Waals surface area contributed by atoms with Crippen molar-refractivity contribution in [2.45, 2.75) is 56.6 Å². The van der Waals surface area contributed by atoms with Crippen LogP contribution in [0.2, 0.25) is 0 Å². The second-order valence-electron chi connectivity index (χ2n) is 6.81. The molecule has 0 aromatic carbocycles. The number of likely N-dealkylation sites (tertiary alicyclic amines) is 1. The van der Waals surface area contributed by atoms with Crippen molar-refractivity contribution < 1.29 is 9.50 Å². The van der Waals surface area contributed by atoms with E-state index in [0.29, 0.717) is 5.82 Å². The molecule has 0 unspecified atom stereocenters. The van der Waals surface area contributed by atoms with Gasteiger partial charge < -0.3 is 15.3 Å². The van der Waals surface area contributed by atoms with Gasteiger partial charge in [0.1, 0.15) is 0 Å². The molecule has 5 heteroatoms. The summed E-state index contributed by atoms with van der Waals surface area (Å²) in [6, 6.07) is 3.30. The monoisotopic (exact) mass is 307 g/mol. The van der Waals surface area contributed by atoms with Gasteiger partial charge in [-0.3, -0.25) is 0 Å². The molecule has 22 heavy (non-hydrogen) atoms.